The molecular formula is C19H23ClN4O2. The summed E-state index contributed by atoms with van der Waals surface area (Å²) >= 11 is 5.96. The first-order valence-electron chi connectivity index (χ1n) is 8.60. The Hall–Kier alpha value is -2.21. The fraction of sp³-hybridized carbons (Fsp3) is 0.474. The van der Waals surface area contributed by atoms with E-state index in [0.29, 0.717) is 24.4 Å². The van der Waals surface area contributed by atoms with E-state index in [-0.39, 0.29) is 28.4 Å². The molecule has 1 saturated heterocycles. The number of esters is 1. The molecule has 0 saturated carbocycles. The summed E-state index contributed by atoms with van der Waals surface area (Å²) in [5.74, 6) is 0.242. The highest BCUT2D eigenvalue weighted by Gasteiger charge is 2.48. The second kappa shape index (κ2) is 6.83. The number of benzene rings is 1. The van der Waals surface area contributed by atoms with E-state index in [1.54, 1.807) is 12.1 Å². The van der Waals surface area contributed by atoms with E-state index in [1.165, 1.54) is 6.33 Å². The molecule has 1 aromatic carbocycles. The number of aromatic nitrogens is 3. The number of carbonyl (C=O) groups excluding carboxylic acids is 1. The molecular weight excluding hydrogens is 352 g/mol. The Morgan fingerprint density at radius 1 is 1.12 bits per heavy atom. The SMILES string of the molecule is CC1(C)CC(OC(=O)c2ccccc2)CC(C)(C)N1c1ncnc(Cl)n1. The van der Waals surface area contributed by atoms with Gasteiger partial charge >= 0.3 is 5.97 Å². The summed E-state index contributed by atoms with van der Waals surface area (Å²) in [7, 11) is 0. The quantitative estimate of drug-likeness (QED) is 0.759. The third kappa shape index (κ3) is 3.80. The molecule has 0 atom stereocenters. The molecule has 0 N–H and O–H groups in total. The van der Waals surface area contributed by atoms with Crippen LogP contribution in [0.5, 0.6) is 0 Å². The van der Waals surface area contributed by atoms with Gasteiger partial charge < -0.3 is 9.64 Å². The number of hydrogen-bond acceptors (Lipinski definition) is 6. The molecule has 0 amide bonds. The van der Waals surface area contributed by atoms with Crippen LogP contribution in [0.4, 0.5) is 5.95 Å². The predicted molar refractivity (Wildman–Crippen MR) is 100 cm³/mol. The van der Waals surface area contributed by atoms with Crippen LogP contribution < -0.4 is 4.90 Å². The van der Waals surface area contributed by atoms with Gasteiger partial charge in [0.05, 0.1) is 5.56 Å². The van der Waals surface area contributed by atoms with Gasteiger partial charge in [-0.05, 0) is 51.4 Å². The average molecular weight is 375 g/mol. The van der Waals surface area contributed by atoms with Gasteiger partial charge in [0, 0.05) is 23.9 Å². The smallest absolute Gasteiger partial charge is 0.338 e. The van der Waals surface area contributed by atoms with Crippen LogP contribution in [-0.2, 0) is 4.74 Å². The highest BCUT2D eigenvalue weighted by Crippen LogP contribution is 2.41. The Bertz CT molecular complexity index is 777. The summed E-state index contributed by atoms with van der Waals surface area (Å²) in [6.45, 7) is 8.37. The van der Waals surface area contributed by atoms with Crippen molar-refractivity contribution in [3.05, 3.63) is 47.5 Å². The molecule has 1 fully saturated rings. The van der Waals surface area contributed by atoms with Crippen molar-refractivity contribution in [3.63, 3.8) is 0 Å². The lowest BCUT2D eigenvalue weighted by molar-refractivity contribution is 0.00315. The molecule has 0 bridgehead atoms. The van der Waals surface area contributed by atoms with E-state index in [2.05, 4.69) is 47.5 Å². The molecule has 1 aromatic heterocycles. The monoisotopic (exact) mass is 374 g/mol. The van der Waals surface area contributed by atoms with E-state index in [4.69, 9.17) is 16.3 Å². The number of nitrogens with zero attached hydrogens (tertiary/aromatic N) is 4. The number of ether oxygens (including phenoxy) is 1. The second-order valence-electron chi connectivity index (χ2n) is 7.82. The van der Waals surface area contributed by atoms with Gasteiger partial charge in [0.25, 0.3) is 0 Å². The van der Waals surface area contributed by atoms with E-state index in [1.807, 2.05) is 18.2 Å². The maximum atomic E-state index is 12.4. The van der Waals surface area contributed by atoms with Crippen molar-refractivity contribution in [2.75, 3.05) is 4.90 Å². The van der Waals surface area contributed by atoms with Crippen molar-refractivity contribution in [2.45, 2.75) is 57.7 Å². The molecule has 0 spiro atoms. The molecule has 26 heavy (non-hydrogen) atoms. The highest BCUT2D eigenvalue weighted by atomic mass is 35.5. The Labute approximate surface area is 158 Å². The van der Waals surface area contributed by atoms with Gasteiger partial charge in [-0.3, -0.25) is 0 Å². The highest BCUT2D eigenvalue weighted by molar-refractivity contribution is 6.28. The van der Waals surface area contributed by atoms with Crippen LogP contribution in [0.15, 0.2) is 36.7 Å². The molecule has 0 radical (unpaired) electrons. The fourth-order valence-electron chi connectivity index (χ4n) is 3.98. The van der Waals surface area contributed by atoms with Crippen LogP contribution in [0.25, 0.3) is 0 Å². The lowest BCUT2D eigenvalue weighted by Crippen LogP contribution is -2.63. The topological polar surface area (TPSA) is 68.2 Å². The van der Waals surface area contributed by atoms with Crippen molar-refractivity contribution in [2.24, 2.45) is 0 Å². The minimum absolute atomic E-state index is 0.166. The second-order valence-corrected chi connectivity index (χ2v) is 8.15. The number of piperidine rings is 1. The minimum atomic E-state index is -0.325. The minimum Gasteiger partial charge on any atom is -0.459 e. The van der Waals surface area contributed by atoms with Gasteiger partial charge in [-0.15, -0.1) is 0 Å². The Kier molecular flexibility index (Phi) is 4.88. The number of carbonyl (C=O) groups is 1. The first-order chi connectivity index (χ1) is 12.2. The van der Waals surface area contributed by atoms with Crippen LogP contribution in [0, 0.1) is 0 Å². The number of hydrogen-bond donors (Lipinski definition) is 0. The van der Waals surface area contributed by atoms with Crippen molar-refractivity contribution >= 4 is 23.5 Å². The van der Waals surface area contributed by atoms with Gasteiger partial charge in [0.1, 0.15) is 12.4 Å². The number of rotatable bonds is 3. The number of halogens is 1. The number of anilines is 1. The molecule has 2 heterocycles. The summed E-state index contributed by atoms with van der Waals surface area (Å²) in [6.07, 6.45) is 2.55. The normalized spacial score (nSPS) is 19.2. The lowest BCUT2D eigenvalue weighted by Gasteiger charge is -2.54. The zero-order valence-corrected chi connectivity index (χ0v) is 16.2. The van der Waals surface area contributed by atoms with E-state index < -0.39 is 0 Å². The van der Waals surface area contributed by atoms with E-state index in [0.717, 1.165) is 0 Å². The van der Waals surface area contributed by atoms with E-state index >= 15 is 0 Å². The largest absolute Gasteiger partial charge is 0.459 e. The van der Waals surface area contributed by atoms with Gasteiger partial charge in [-0.2, -0.15) is 4.98 Å². The van der Waals surface area contributed by atoms with Crippen LogP contribution in [-0.4, -0.2) is 38.1 Å². The van der Waals surface area contributed by atoms with E-state index in [9.17, 15) is 4.79 Å². The lowest BCUT2D eigenvalue weighted by atomic mass is 9.78. The Morgan fingerprint density at radius 3 is 2.31 bits per heavy atom. The fourth-order valence-corrected chi connectivity index (χ4v) is 4.10. The molecule has 138 valence electrons. The first-order valence-corrected chi connectivity index (χ1v) is 8.98. The first kappa shape index (κ1) is 18.6. The molecule has 3 rings (SSSR count). The summed E-state index contributed by atoms with van der Waals surface area (Å²) < 4.78 is 5.81. The van der Waals surface area contributed by atoms with Crippen molar-refractivity contribution in [1.82, 2.24) is 15.0 Å². The van der Waals surface area contributed by atoms with Crippen LogP contribution in [0.3, 0.4) is 0 Å². The van der Waals surface area contributed by atoms with Crippen molar-refractivity contribution < 1.29 is 9.53 Å². The molecule has 1 aliphatic rings. The molecule has 0 aliphatic carbocycles. The summed E-state index contributed by atoms with van der Waals surface area (Å²) in [5.41, 5.74) is -0.0860. The van der Waals surface area contributed by atoms with Crippen LogP contribution >= 0.6 is 11.6 Å². The van der Waals surface area contributed by atoms with Gasteiger partial charge in [-0.1, -0.05) is 18.2 Å². The standard InChI is InChI=1S/C19H23ClN4O2/c1-18(2)10-14(26-15(25)13-8-6-5-7-9-13)11-19(3,4)24(18)17-22-12-21-16(20)23-17/h5-9,12,14H,10-11H2,1-4H3. The van der Waals surface area contributed by atoms with Gasteiger partial charge in [0.2, 0.25) is 11.2 Å². The maximum Gasteiger partial charge on any atom is 0.338 e. The Balaban J connectivity index is 1.82. The summed E-state index contributed by atoms with van der Waals surface area (Å²) in [6, 6.07) is 9.07. The zero-order chi connectivity index (χ0) is 18.9. The third-order valence-corrected chi connectivity index (χ3v) is 4.86. The van der Waals surface area contributed by atoms with Crippen LogP contribution in [0.2, 0.25) is 5.28 Å². The average Bonchev–Trinajstić information content (AvgIpc) is 2.53. The Morgan fingerprint density at radius 2 is 1.73 bits per heavy atom. The molecule has 1 aliphatic heterocycles. The third-order valence-electron chi connectivity index (χ3n) is 4.68. The predicted octanol–water partition coefficient (Wildman–Crippen LogP) is 3.91. The summed E-state index contributed by atoms with van der Waals surface area (Å²) in [4.78, 5) is 27.0. The van der Waals surface area contributed by atoms with Crippen molar-refractivity contribution in [3.8, 4) is 0 Å². The van der Waals surface area contributed by atoms with Gasteiger partial charge in [-0.25, -0.2) is 14.8 Å². The van der Waals surface area contributed by atoms with Gasteiger partial charge in [0.15, 0.2) is 0 Å². The molecule has 2 aromatic rings. The molecule has 6 nitrogen and oxygen atoms in total. The van der Waals surface area contributed by atoms with Crippen molar-refractivity contribution in [1.29, 1.82) is 0 Å². The molecule has 7 heteroatoms. The summed E-state index contributed by atoms with van der Waals surface area (Å²) in [5, 5.41) is 0.166. The molecule has 0 unspecified atom stereocenters. The maximum absolute atomic E-state index is 12.4. The van der Waals surface area contributed by atoms with Crippen LogP contribution in [0.1, 0.15) is 50.9 Å². The zero-order valence-electron chi connectivity index (χ0n) is 15.4.